The summed E-state index contributed by atoms with van der Waals surface area (Å²) < 4.78 is 5.13. The quantitative estimate of drug-likeness (QED) is 0.599. The SMILES string of the molecule is COc1cc(C)c(Cl)cc1N(C)C(=O)C=O. The highest BCUT2D eigenvalue weighted by molar-refractivity contribution is 6.33. The molecule has 0 saturated carbocycles. The summed E-state index contributed by atoms with van der Waals surface area (Å²) in [5.41, 5.74) is 1.31. The lowest BCUT2D eigenvalue weighted by molar-refractivity contribution is -0.129. The Hall–Kier alpha value is -1.55. The molecule has 4 nitrogen and oxygen atoms in total. The maximum Gasteiger partial charge on any atom is 0.290 e. The molecule has 86 valence electrons. The normalized spacial score (nSPS) is 9.75. The molecule has 1 aromatic carbocycles. The smallest absolute Gasteiger partial charge is 0.290 e. The van der Waals surface area contributed by atoms with E-state index in [1.54, 1.807) is 12.1 Å². The van der Waals surface area contributed by atoms with Gasteiger partial charge in [-0.3, -0.25) is 9.59 Å². The monoisotopic (exact) mass is 241 g/mol. The van der Waals surface area contributed by atoms with Crippen LogP contribution in [0.25, 0.3) is 0 Å². The van der Waals surface area contributed by atoms with Gasteiger partial charge in [-0.25, -0.2) is 0 Å². The number of aryl methyl sites for hydroxylation is 1. The van der Waals surface area contributed by atoms with Crippen molar-refractivity contribution in [2.45, 2.75) is 6.92 Å². The lowest BCUT2D eigenvalue weighted by Crippen LogP contribution is -2.27. The van der Waals surface area contributed by atoms with Crippen molar-refractivity contribution in [2.75, 3.05) is 19.1 Å². The molecule has 0 aliphatic rings. The highest BCUT2D eigenvalue weighted by Gasteiger charge is 2.16. The van der Waals surface area contributed by atoms with Crippen molar-refractivity contribution < 1.29 is 14.3 Å². The van der Waals surface area contributed by atoms with Gasteiger partial charge in [0.25, 0.3) is 5.91 Å². The zero-order chi connectivity index (χ0) is 12.3. The van der Waals surface area contributed by atoms with Gasteiger partial charge in [0.2, 0.25) is 6.29 Å². The first-order chi connectivity index (χ1) is 7.51. The highest BCUT2D eigenvalue weighted by atomic mass is 35.5. The number of hydrogen-bond donors (Lipinski definition) is 0. The number of carbonyl (C=O) groups excluding carboxylic acids is 2. The zero-order valence-corrected chi connectivity index (χ0v) is 10.0. The summed E-state index contributed by atoms with van der Waals surface area (Å²) in [6, 6.07) is 3.31. The Kier molecular flexibility index (Phi) is 3.90. The number of hydrogen-bond acceptors (Lipinski definition) is 3. The van der Waals surface area contributed by atoms with Crippen LogP contribution < -0.4 is 9.64 Å². The average molecular weight is 242 g/mol. The van der Waals surface area contributed by atoms with Crippen LogP contribution in [0.5, 0.6) is 5.75 Å². The average Bonchev–Trinajstić information content (AvgIpc) is 2.30. The van der Waals surface area contributed by atoms with E-state index in [1.165, 1.54) is 19.1 Å². The van der Waals surface area contributed by atoms with Gasteiger partial charge in [0.15, 0.2) is 0 Å². The first kappa shape index (κ1) is 12.5. The van der Waals surface area contributed by atoms with Crippen LogP contribution in [0.15, 0.2) is 12.1 Å². The molecule has 0 spiro atoms. The van der Waals surface area contributed by atoms with E-state index in [-0.39, 0.29) is 6.29 Å². The predicted molar refractivity (Wildman–Crippen MR) is 62.2 cm³/mol. The molecule has 0 heterocycles. The topological polar surface area (TPSA) is 46.6 Å². The third kappa shape index (κ3) is 2.33. The number of benzene rings is 1. The van der Waals surface area contributed by atoms with E-state index in [2.05, 4.69) is 0 Å². The summed E-state index contributed by atoms with van der Waals surface area (Å²) in [6.45, 7) is 1.83. The van der Waals surface area contributed by atoms with E-state index in [4.69, 9.17) is 16.3 Å². The van der Waals surface area contributed by atoms with Crippen LogP contribution >= 0.6 is 11.6 Å². The fraction of sp³-hybridized carbons (Fsp3) is 0.273. The number of carbonyl (C=O) groups is 2. The van der Waals surface area contributed by atoms with Crippen LogP contribution in [0.2, 0.25) is 5.02 Å². The Bertz CT molecular complexity index is 431. The van der Waals surface area contributed by atoms with Crippen molar-refractivity contribution in [3.63, 3.8) is 0 Å². The number of rotatable bonds is 3. The Morgan fingerprint density at radius 2 is 2.12 bits per heavy atom. The number of nitrogens with zero attached hydrogens (tertiary/aromatic N) is 1. The van der Waals surface area contributed by atoms with Gasteiger partial charge in [-0.15, -0.1) is 0 Å². The number of anilines is 1. The lowest BCUT2D eigenvalue weighted by atomic mass is 10.2. The fourth-order valence-electron chi connectivity index (χ4n) is 1.27. The summed E-state index contributed by atoms with van der Waals surface area (Å²) in [7, 11) is 2.98. The van der Waals surface area contributed by atoms with Crippen molar-refractivity contribution >= 4 is 29.5 Å². The van der Waals surface area contributed by atoms with E-state index in [0.29, 0.717) is 16.5 Å². The van der Waals surface area contributed by atoms with Gasteiger partial charge in [0.1, 0.15) is 5.75 Å². The molecule has 0 N–H and O–H groups in total. The third-order valence-corrected chi connectivity index (χ3v) is 2.66. The van der Waals surface area contributed by atoms with Crippen LogP contribution in [0.4, 0.5) is 5.69 Å². The van der Waals surface area contributed by atoms with Gasteiger partial charge in [-0.05, 0) is 24.6 Å². The second-order valence-corrected chi connectivity index (χ2v) is 3.70. The number of likely N-dealkylation sites (N-methyl/N-ethyl adjacent to an activating group) is 1. The number of methoxy groups -OCH3 is 1. The molecule has 1 rings (SSSR count). The molecule has 0 atom stereocenters. The first-order valence-electron chi connectivity index (χ1n) is 4.58. The predicted octanol–water partition coefficient (Wildman–Crippen LogP) is 1.82. The second-order valence-electron chi connectivity index (χ2n) is 3.29. The van der Waals surface area contributed by atoms with E-state index < -0.39 is 5.91 Å². The van der Waals surface area contributed by atoms with Gasteiger partial charge in [0, 0.05) is 12.1 Å². The van der Waals surface area contributed by atoms with E-state index in [1.807, 2.05) is 6.92 Å². The van der Waals surface area contributed by atoms with Crippen LogP contribution in [0.3, 0.4) is 0 Å². The van der Waals surface area contributed by atoms with E-state index in [9.17, 15) is 9.59 Å². The molecule has 0 unspecified atom stereocenters. The minimum absolute atomic E-state index is 0.243. The Morgan fingerprint density at radius 1 is 1.50 bits per heavy atom. The number of ether oxygens (including phenoxy) is 1. The summed E-state index contributed by atoms with van der Waals surface area (Å²) in [5.74, 6) is -0.155. The van der Waals surface area contributed by atoms with Crippen molar-refractivity contribution in [3.8, 4) is 5.75 Å². The standard InChI is InChI=1S/C11H12ClNO3/c1-7-4-10(16-3)9(5-8(7)12)13(2)11(15)6-14/h4-6H,1-3H3. The van der Waals surface area contributed by atoms with Gasteiger partial charge >= 0.3 is 0 Å². The van der Waals surface area contributed by atoms with Crippen LogP contribution in [-0.2, 0) is 9.59 Å². The van der Waals surface area contributed by atoms with Crippen LogP contribution in [0.1, 0.15) is 5.56 Å². The Morgan fingerprint density at radius 3 is 2.62 bits per heavy atom. The van der Waals surface area contributed by atoms with Crippen LogP contribution in [-0.4, -0.2) is 26.4 Å². The third-order valence-electron chi connectivity index (χ3n) is 2.25. The maximum atomic E-state index is 11.2. The molecular formula is C11H12ClNO3. The maximum absolute atomic E-state index is 11.2. The molecule has 0 fully saturated rings. The summed E-state index contributed by atoms with van der Waals surface area (Å²) in [6.07, 6.45) is 0.243. The van der Waals surface area contributed by atoms with Gasteiger partial charge in [0.05, 0.1) is 12.8 Å². The molecular weight excluding hydrogens is 230 g/mol. The minimum Gasteiger partial charge on any atom is -0.495 e. The summed E-state index contributed by atoms with van der Waals surface area (Å²) in [4.78, 5) is 22.8. The minimum atomic E-state index is -0.654. The molecule has 0 bridgehead atoms. The number of halogens is 1. The Labute approximate surface area is 98.8 Å². The fourth-order valence-corrected chi connectivity index (χ4v) is 1.43. The van der Waals surface area contributed by atoms with Crippen molar-refractivity contribution in [2.24, 2.45) is 0 Å². The van der Waals surface area contributed by atoms with Gasteiger partial charge in [-0.1, -0.05) is 11.6 Å². The Balaban J connectivity index is 3.26. The van der Waals surface area contributed by atoms with Gasteiger partial charge in [-0.2, -0.15) is 0 Å². The number of aldehydes is 1. The zero-order valence-electron chi connectivity index (χ0n) is 9.28. The molecule has 0 saturated heterocycles. The largest absolute Gasteiger partial charge is 0.495 e. The van der Waals surface area contributed by atoms with Crippen LogP contribution in [0, 0.1) is 6.92 Å². The molecule has 0 aliphatic heterocycles. The summed E-state index contributed by atoms with van der Waals surface area (Å²) >= 11 is 5.95. The summed E-state index contributed by atoms with van der Waals surface area (Å²) in [5, 5.41) is 0.515. The molecule has 5 heteroatoms. The molecule has 0 aliphatic carbocycles. The highest BCUT2D eigenvalue weighted by Crippen LogP contribution is 2.33. The van der Waals surface area contributed by atoms with Crippen molar-refractivity contribution in [1.29, 1.82) is 0 Å². The molecule has 1 amide bonds. The second kappa shape index (κ2) is 4.99. The molecule has 16 heavy (non-hydrogen) atoms. The van der Waals surface area contributed by atoms with Crippen molar-refractivity contribution in [3.05, 3.63) is 22.7 Å². The van der Waals surface area contributed by atoms with Crippen molar-refractivity contribution in [1.82, 2.24) is 0 Å². The molecule has 1 aromatic rings. The number of amides is 1. The lowest BCUT2D eigenvalue weighted by Gasteiger charge is -2.18. The molecule has 0 aromatic heterocycles. The van der Waals surface area contributed by atoms with E-state index >= 15 is 0 Å². The van der Waals surface area contributed by atoms with E-state index in [0.717, 1.165) is 5.56 Å². The first-order valence-corrected chi connectivity index (χ1v) is 4.96. The van der Waals surface area contributed by atoms with Gasteiger partial charge < -0.3 is 9.64 Å². The molecule has 0 radical (unpaired) electrons.